The van der Waals surface area contributed by atoms with Crippen LogP contribution in [0.5, 0.6) is 0 Å². The highest BCUT2D eigenvalue weighted by Gasteiger charge is 2.25. The van der Waals surface area contributed by atoms with Crippen molar-refractivity contribution < 1.29 is 4.92 Å². The normalized spacial score (nSPS) is 11.4. The van der Waals surface area contributed by atoms with Crippen LogP contribution in [0.4, 0.5) is 5.69 Å². The van der Waals surface area contributed by atoms with Crippen LogP contribution >= 0.6 is 23.5 Å². The number of hydrogen-bond acceptors (Lipinski definition) is 6. The molecule has 5 aromatic carbocycles. The van der Waals surface area contributed by atoms with Crippen LogP contribution in [0.15, 0.2) is 143 Å². The largest absolute Gasteiger partial charge is 0.312 e. The van der Waals surface area contributed by atoms with Gasteiger partial charge in [-0.25, -0.2) is 0 Å². The second-order valence-corrected chi connectivity index (χ2v) is 13.9. The minimum Gasteiger partial charge on any atom is -0.312 e. The molecule has 46 heavy (non-hydrogen) atoms. The van der Waals surface area contributed by atoms with E-state index in [1.807, 2.05) is 35.7 Å². The van der Waals surface area contributed by atoms with Gasteiger partial charge in [0.1, 0.15) is 0 Å². The summed E-state index contributed by atoms with van der Waals surface area (Å²) < 4.78 is 0. The molecule has 2 N–H and O–H groups in total. The van der Waals surface area contributed by atoms with Crippen LogP contribution in [-0.4, -0.2) is 18.0 Å². The van der Waals surface area contributed by atoms with Crippen LogP contribution < -0.4 is 10.6 Å². The number of nitro groups is 1. The fourth-order valence-electron chi connectivity index (χ4n) is 5.47. The third-order valence-corrected chi connectivity index (χ3v) is 10.3. The third kappa shape index (κ3) is 10.3. The zero-order valence-corrected chi connectivity index (χ0v) is 27.9. The second kappa shape index (κ2) is 17.2. The van der Waals surface area contributed by atoms with E-state index in [4.69, 9.17) is 0 Å². The van der Waals surface area contributed by atoms with Crippen molar-refractivity contribution in [2.45, 2.75) is 47.7 Å². The van der Waals surface area contributed by atoms with E-state index in [1.165, 1.54) is 32.0 Å². The fraction of sp³-hybridized carbons (Fsp3) is 0.231. The topological polar surface area (TPSA) is 67.2 Å². The Balaban J connectivity index is 1.23. The Morgan fingerprint density at radius 1 is 0.587 bits per heavy atom. The number of nitrogens with one attached hydrogen (secondary N) is 2. The average Bonchev–Trinajstić information content (AvgIpc) is 3.08. The van der Waals surface area contributed by atoms with Gasteiger partial charge in [0.15, 0.2) is 0 Å². The molecule has 0 bridgehead atoms. The van der Waals surface area contributed by atoms with Gasteiger partial charge in [0.2, 0.25) is 0 Å². The molecule has 0 fully saturated rings. The van der Waals surface area contributed by atoms with Crippen molar-refractivity contribution in [2.24, 2.45) is 5.41 Å². The van der Waals surface area contributed by atoms with Crippen LogP contribution in [0.3, 0.4) is 0 Å². The van der Waals surface area contributed by atoms with Crippen molar-refractivity contribution >= 4 is 29.2 Å². The van der Waals surface area contributed by atoms with Gasteiger partial charge in [-0.05, 0) is 51.8 Å². The second-order valence-electron chi connectivity index (χ2n) is 11.9. The lowest BCUT2D eigenvalue weighted by molar-refractivity contribution is -0.384. The smallest absolute Gasteiger partial charge is 0.269 e. The van der Waals surface area contributed by atoms with Crippen LogP contribution in [0.2, 0.25) is 0 Å². The number of thioether (sulfide) groups is 2. The molecule has 5 rings (SSSR count). The zero-order valence-electron chi connectivity index (χ0n) is 26.2. The SMILES string of the molecule is CC(CNCc1ccccc1SCc1ccccc1)(CNCc1ccccc1SCc1ccccc1)Cc1ccc([N+](=O)[O-])cc1. The van der Waals surface area contributed by atoms with E-state index in [-0.39, 0.29) is 16.0 Å². The van der Waals surface area contributed by atoms with E-state index in [0.717, 1.165) is 49.7 Å². The van der Waals surface area contributed by atoms with Crippen molar-refractivity contribution in [1.82, 2.24) is 10.6 Å². The lowest BCUT2D eigenvalue weighted by Gasteiger charge is -2.31. The summed E-state index contributed by atoms with van der Waals surface area (Å²) in [4.78, 5) is 13.5. The fourth-order valence-corrected chi connectivity index (χ4v) is 7.50. The van der Waals surface area contributed by atoms with Gasteiger partial charge in [-0.2, -0.15) is 0 Å². The summed E-state index contributed by atoms with van der Waals surface area (Å²) in [5.41, 5.74) is 6.30. The molecule has 5 nitrogen and oxygen atoms in total. The summed E-state index contributed by atoms with van der Waals surface area (Å²) in [5.74, 6) is 1.87. The van der Waals surface area contributed by atoms with Gasteiger partial charge in [-0.1, -0.05) is 116 Å². The predicted molar refractivity (Wildman–Crippen MR) is 193 cm³/mol. The predicted octanol–water partition coefficient (Wildman–Crippen LogP) is 9.31. The summed E-state index contributed by atoms with van der Waals surface area (Å²) in [7, 11) is 0. The van der Waals surface area contributed by atoms with Gasteiger partial charge in [0.05, 0.1) is 4.92 Å². The van der Waals surface area contributed by atoms with Crippen LogP contribution in [0.1, 0.15) is 34.7 Å². The number of non-ortho nitro benzene ring substituents is 1. The minimum absolute atomic E-state index is 0.121. The van der Waals surface area contributed by atoms with Crippen LogP contribution in [-0.2, 0) is 31.0 Å². The Labute approximate surface area is 281 Å². The highest BCUT2D eigenvalue weighted by atomic mass is 32.2. The Morgan fingerprint density at radius 2 is 1.02 bits per heavy atom. The lowest BCUT2D eigenvalue weighted by Crippen LogP contribution is -2.41. The molecular weight excluding hydrogens is 607 g/mol. The van der Waals surface area contributed by atoms with E-state index in [2.05, 4.69) is 127 Å². The molecule has 0 saturated heterocycles. The molecule has 0 radical (unpaired) electrons. The summed E-state index contributed by atoms with van der Waals surface area (Å²) >= 11 is 3.74. The molecule has 7 heteroatoms. The first-order valence-corrected chi connectivity index (χ1v) is 17.6. The molecule has 0 heterocycles. The van der Waals surface area contributed by atoms with Gasteiger partial charge in [0.25, 0.3) is 5.69 Å². The van der Waals surface area contributed by atoms with Crippen molar-refractivity contribution in [2.75, 3.05) is 13.1 Å². The number of benzene rings is 5. The van der Waals surface area contributed by atoms with Gasteiger partial charge >= 0.3 is 0 Å². The number of hydrogen-bond donors (Lipinski definition) is 2. The zero-order chi connectivity index (χ0) is 32.0. The highest BCUT2D eigenvalue weighted by molar-refractivity contribution is 7.98. The van der Waals surface area contributed by atoms with Crippen molar-refractivity contribution in [3.05, 3.63) is 171 Å². The van der Waals surface area contributed by atoms with E-state index in [9.17, 15) is 10.1 Å². The molecule has 0 aromatic heterocycles. The number of rotatable bonds is 17. The van der Waals surface area contributed by atoms with Crippen LogP contribution in [0, 0.1) is 15.5 Å². The third-order valence-electron chi connectivity index (χ3n) is 7.93. The Hall–Kier alpha value is -3.88. The maximum absolute atomic E-state index is 11.2. The van der Waals surface area contributed by atoms with Gasteiger partial charge in [0, 0.05) is 59.6 Å². The van der Waals surface area contributed by atoms with Gasteiger partial charge < -0.3 is 10.6 Å². The Morgan fingerprint density at radius 3 is 1.48 bits per heavy atom. The average molecular weight is 648 g/mol. The minimum atomic E-state index is -0.341. The maximum atomic E-state index is 11.2. The van der Waals surface area contributed by atoms with E-state index in [1.54, 1.807) is 12.1 Å². The molecular formula is C39H41N3O2S2. The standard InChI is InChI=1S/C39H41N3O2S2/c1-39(24-31-20-22-36(23-21-31)42(43)44,29-40-25-34-16-8-10-18-37(34)45-27-32-12-4-2-5-13-32)30-41-26-35-17-9-11-19-38(35)46-28-33-14-6-3-7-15-33/h2-23,40-41H,24-30H2,1H3. The molecule has 236 valence electrons. The first-order chi connectivity index (χ1) is 22.5. The molecule has 0 aliphatic rings. The number of nitro benzene ring substituents is 1. The summed E-state index contributed by atoms with van der Waals surface area (Å²) in [6.07, 6.45) is 0.791. The summed E-state index contributed by atoms with van der Waals surface area (Å²) in [6.45, 7) is 5.41. The molecule has 0 amide bonds. The van der Waals surface area contributed by atoms with Crippen molar-refractivity contribution in [1.29, 1.82) is 0 Å². The first kappa shape index (κ1) is 33.5. The van der Waals surface area contributed by atoms with Crippen molar-refractivity contribution in [3.8, 4) is 0 Å². The lowest BCUT2D eigenvalue weighted by atomic mass is 9.83. The van der Waals surface area contributed by atoms with Crippen molar-refractivity contribution in [3.63, 3.8) is 0 Å². The maximum Gasteiger partial charge on any atom is 0.269 e. The molecule has 5 aromatic rings. The van der Waals surface area contributed by atoms with E-state index >= 15 is 0 Å². The molecule has 0 aliphatic carbocycles. The van der Waals surface area contributed by atoms with Gasteiger partial charge in [-0.15, -0.1) is 23.5 Å². The molecule has 0 aliphatic heterocycles. The molecule has 0 atom stereocenters. The quantitative estimate of drug-likeness (QED) is 0.0596. The Bertz CT molecular complexity index is 1570. The monoisotopic (exact) mass is 647 g/mol. The Kier molecular flexibility index (Phi) is 12.5. The highest BCUT2D eigenvalue weighted by Crippen LogP contribution is 2.29. The molecule has 0 unspecified atom stereocenters. The molecule has 0 spiro atoms. The summed E-state index contributed by atoms with van der Waals surface area (Å²) in [5, 5.41) is 18.8. The van der Waals surface area contributed by atoms with E-state index < -0.39 is 0 Å². The summed E-state index contributed by atoms with van der Waals surface area (Å²) in [6, 6.07) is 45.4. The molecule has 0 saturated carbocycles. The first-order valence-electron chi connectivity index (χ1n) is 15.6. The van der Waals surface area contributed by atoms with Crippen LogP contribution in [0.25, 0.3) is 0 Å². The van der Waals surface area contributed by atoms with Gasteiger partial charge in [-0.3, -0.25) is 10.1 Å². The number of nitrogens with zero attached hydrogens (tertiary/aromatic N) is 1. The van der Waals surface area contributed by atoms with E-state index in [0.29, 0.717) is 0 Å².